The van der Waals surface area contributed by atoms with Crippen LogP contribution in [0.5, 0.6) is 0 Å². The van der Waals surface area contributed by atoms with E-state index >= 15 is 0 Å². The van der Waals surface area contributed by atoms with Crippen molar-refractivity contribution in [2.24, 2.45) is 5.92 Å². The molecular weight excluding hydrogens is 172 g/mol. The quantitative estimate of drug-likeness (QED) is 0.505. The van der Waals surface area contributed by atoms with Gasteiger partial charge in [-0.15, -0.1) is 11.6 Å². The van der Waals surface area contributed by atoms with Crippen LogP contribution in [0.15, 0.2) is 30.3 Å². The smallest absolute Gasteiger partial charge is 0.167 e. The van der Waals surface area contributed by atoms with E-state index in [1.54, 1.807) is 0 Å². The molecule has 1 aromatic rings. The van der Waals surface area contributed by atoms with Crippen molar-refractivity contribution in [1.82, 2.24) is 0 Å². The molecule has 2 rings (SSSR count). The lowest BCUT2D eigenvalue weighted by atomic mass is 10.1. The molecule has 0 bridgehead atoms. The average molecular weight is 181 g/mol. The molecule has 0 N–H and O–H groups in total. The van der Waals surface area contributed by atoms with Gasteiger partial charge in [0.15, 0.2) is 5.78 Å². The summed E-state index contributed by atoms with van der Waals surface area (Å²) in [4.78, 5) is 11.5. The Hall–Kier alpha value is -0.820. The molecule has 12 heavy (non-hydrogen) atoms. The fourth-order valence-corrected chi connectivity index (χ4v) is 1.56. The molecule has 0 aliphatic heterocycles. The van der Waals surface area contributed by atoms with Crippen molar-refractivity contribution in [3.8, 4) is 0 Å². The van der Waals surface area contributed by atoms with E-state index in [1.807, 2.05) is 30.3 Å². The first-order chi connectivity index (χ1) is 5.79. The monoisotopic (exact) mass is 180 g/mol. The zero-order chi connectivity index (χ0) is 8.55. The van der Waals surface area contributed by atoms with E-state index in [9.17, 15) is 4.79 Å². The number of carbonyl (C=O) groups excluding carboxylic acids is 1. The fraction of sp³-hybridized carbons (Fsp3) is 0.300. The summed E-state index contributed by atoms with van der Waals surface area (Å²) in [5.74, 6) is 0.268. The number of ketones is 1. The van der Waals surface area contributed by atoms with Crippen LogP contribution >= 0.6 is 11.6 Å². The number of benzene rings is 1. The second-order valence-corrected chi connectivity index (χ2v) is 3.65. The molecule has 0 radical (unpaired) electrons. The van der Waals surface area contributed by atoms with Crippen LogP contribution < -0.4 is 0 Å². The summed E-state index contributed by atoms with van der Waals surface area (Å²) >= 11 is 5.78. The van der Waals surface area contributed by atoms with Crippen LogP contribution in [0.25, 0.3) is 0 Å². The zero-order valence-electron chi connectivity index (χ0n) is 6.53. The summed E-state index contributed by atoms with van der Waals surface area (Å²) in [6.07, 6.45) is 0.843. The molecule has 1 fully saturated rings. The molecule has 1 nitrogen and oxygen atoms in total. The van der Waals surface area contributed by atoms with Crippen molar-refractivity contribution in [1.29, 1.82) is 0 Å². The Labute approximate surface area is 76.4 Å². The number of carbonyl (C=O) groups is 1. The molecule has 1 aliphatic carbocycles. The van der Waals surface area contributed by atoms with Crippen LogP contribution in [-0.4, -0.2) is 11.2 Å². The normalized spacial score (nSPS) is 26.8. The molecule has 0 spiro atoms. The minimum atomic E-state index is 0.0778. The summed E-state index contributed by atoms with van der Waals surface area (Å²) in [5, 5.41) is 0.0812. The predicted octanol–water partition coefficient (Wildman–Crippen LogP) is 2.50. The Morgan fingerprint density at radius 2 is 1.92 bits per heavy atom. The predicted molar refractivity (Wildman–Crippen MR) is 48.5 cm³/mol. The van der Waals surface area contributed by atoms with Gasteiger partial charge in [0.05, 0.1) is 0 Å². The Balaban J connectivity index is 2.16. The minimum Gasteiger partial charge on any atom is -0.294 e. The summed E-state index contributed by atoms with van der Waals surface area (Å²) < 4.78 is 0. The van der Waals surface area contributed by atoms with Gasteiger partial charge in [0.2, 0.25) is 0 Å². The van der Waals surface area contributed by atoms with Crippen LogP contribution in [0, 0.1) is 5.92 Å². The van der Waals surface area contributed by atoms with Crippen LogP contribution in [0.2, 0.25) is 0 Å². The molecule has 0 aromatic heterocycles. The molecule has 62 valence electrons. The average Bonchev–Trinajstić information content (AvgIpc) is 2.83. The van der Waals surface area contributed by atoms with Gasteiger partial charge < -0.3 is 0 Å². The highest BCUT2D eigenvalue weighted by Gasteiger charge is 2.41. The fourth-order valence-electron chi connectivity index (χ4n) is 1.25. The van der Waals surface area contributed by atoms with Gasteiger partial charge in [0.1, 0.15) is 0 Å². The van der Waals surface area contributed by atoms with Crippen LogP contribution in [0.3, 0.4) is 0 Å². The molecule has 0 unspecified atom stereocenters. The van der Waals surface area contributed by atoms with Gasteiger partial charge in [0.25, 0.3) is 0 Å². The first-order valence-electron chi connectivity index (χ1n) is 4.02. The van der Waals surface area contributed by atoms with E-state index in [0.29, 0.717) is 0 Å². The van der Waals surface area contributed by atoms with Gasteiger partial charge in [-0.1, -0.05) is 30.3 Å². The highest BCUT2D eigenvalue weighted by molar-refractivity contribution is 6.25. The number of hydrogen-bond acceptors (Lipinski definition) is 1. The molecule has 1 aromatic carbocycles. The summed E-state index contributed by atoms with van der Waals surface area (Å²) in [7, 11) is 0. The third-order valence-electron chi connectivity index (χ3n) is 2.11. The molecule has 1 aliphatic rings. The maximum atomic E-state index is 11.5. The van der Waals surface area contributed by atoms with E-state index in [2.05, 4.69) is 0 Å². The SMILES string of the molecule is O=C(c1ccccc1)[C@@H]1C[C@@H]1Cl. The van der Waals surface area contributed by atoms with E-state index in [-0.39, 0.29) is 17.1 Å². The molecular formula is C10H9ClO. The lowest BCUT2D eigenvalue weighted by Gasteiger charge is -1.96. The van der Waals surface area contributed by atoms with Gasteiger partial charge in [0, 0.05) is 16.9 Å². The van der Waals surface area contributed by atoms with E-state index < -0.39 is 0 Å². The van der Waals surface area contributed by atoms with Gasteiger partial charge in [-0.3, -0.25) is 4.79 Å². The van der Waals surface area contributed by atoms with Crippen molar-refractivity contribution in [3.05, 3.63) is 35.9 Å². The molecule has 2 atom stereocenters. The number of halogens is 1. The molecule has 0 saturated heterocycles. The van der Waals surface area contributed by atoms with Gasteiger partial charge in [-0.2, -0.15) is 0 Å². The lowest BCUT2D eigenvalue weighted by molar-refractivity contribution is 0.0968. The Bertz CT molecular complexity index is 294. The second kappa shape index (κ2) is 2.91. The van der Waals surface area contributed by atoms with Crippen LogP contribution in [-0.2, 0) is 0 Å². The maximum absolute atomic E-state index is 11.5. The third-order valence-corrected chi connectivity index (χ3v) is 2.59. The minimum absolute atomic E-state index is 0.0778. The molecule has 1 saturated carbocycles. The van der Waals surface area contributed by atoms with E-state index in [4.69, 9.17) is 11.6 Å². The first-order valence-corrected chi connectivity index (χ1v) is 4.46. The van der Waals surface area contributed by atoms with Crippen LogP contribution in [0.4, 0.5) is 0 Å². The largest absolute Gasteiger partial charge is 0.294 e. The lowest BCUT2D eigenvalue weighted by Crippen LogP contribution is -2.02. The third kappa shape index (κ3) is 1.37. The van der Waals surface area contributed by atoms with E-state index in [1.165, 1.54) is 0 Å². The first kappa shape index (κ1) is 7.81. The number of Topliss-reactive ketones (excluding diaryl/α,β-unsaturated/α-hetero) is 1. The van der Waals surface area contributed by atoms with Gasteiger partial charge in [-0.05, 0) is 6.42 Å². The Morgan fingerprint density at radius 1 is 1.33 bits per heavy atom. The van der Waals surface area contributed by atoms with E-state index in [0.717, 1.165) is 12.0 Å². The van der Waals surface area contributed by atoms with Crippen molar-refractivity contribution in [3.63, 3.8) is 0 Å². The highest BCUT2D eigenvalue weighted by atomic mass is 35.5. The van der Waals surface area contributed by atoms with Crippen molar-refractivity contribution < 1.29 is 4.79 Å². The molecule has 0 amide bonds. The number of alkyl halides is 1. The van der Waals surface area contributed by atoms with Crippen molar-refractivity contribution >= 4 is 17.4 Å². The summed E-state index contributed by atoms with van der Waals surface area (Å²) in [6.45, 7) is 0. The topological polar surface area (TPSA) is 17.1 Å². The number of rotatable bonds is 2. The van der Waals surface area contributed by atoms with Gasteiger partial charge in [-0.25, -0.2) is 0 Å². The second-order valence-electron chi connectivity index (χ2n) is 3.09. The molecule has 0 heterocycles. The highest BCUT2D eigenvalue weighted by Crippen LogP contribution is 2.38. The summed E-state index contributed by atoms with van der Waals surface area (Å²) in [6, 6.07) is 9.33. The molecule has 2 heteroatoms. The van der Waals surface area contributed by atoms with Crippen molar-refractivity contribution in [2.45, 2.75) is 11.8 Å². The standard InChI is InChI=1S/C10H9ClO/c11-9-6-8(9)10(12)7-4-2-1-3-5-7/h1-5,8-9H,6H2/t8-,9+/m1/s1. The Morgan fingerprint density at radius 3 is 2.42 bits per heavy atom. The van der Waals surface area contributed by atoms with Crippen LogP contribution in [0.1, 0.15) is 16.8 Å². The maximum Gasteiger partial charge on any atom is 0.167 e. The van der Waals surface area contributed by atoms with Gasteiger partial charge >= 0.3 is 0 Å². The zero-order valence-corrected chi connectivity index (χ0v) is 7.29. The number of hydrogen-bond donors (Lipinski definition) is 0. The van der Waals surface area contributed by atoms with Crippen molar-refractivity contribution in [2.75, 3.05) is 0 Å². The summed E-state index contributed by atoms with van der Waals surface area (Å²) in [5.41, 5.74) is 0.783. The Kier molecular flexibility index (Phi) is 1.89.